The molecule has 0 saturated carbocycles. The number of hydrogen-bond acceptors (Lipinski definition) is 5. The van der Waals surface area contributed by atoms with E-state index in [1.165, 1.54) is 7.11 Å². The summed E-state index contributed by atoms with van der Waals surface area (Å²) < 4.78 is 35.1. The van der Waals surface area contributed by atoms with Gasteiger partial charge in [0.25, 0.3) is 0 Å². The van der Waals surface area contributed by atoms with Crippen molar-refractivity contribution in [1.82, 2.24) is 4.72 Å². The molecular weight excluding hydrogens is 262 g/mol. The van der Waals surface area contributed by atoms with Crippen LogP contribution in [0.3, 0.4) is 0 Å². The zero-order chi connectivity index (χ0) is 14.2. The minimum absolute atomic E-state index is 0.00310. The van der Waals surface area contributed by atoms with Crippen LogP contribution in [0, 0.1) is 5.92 Å². The van der Waals surface area contributed by atoms with Crippen molar-refractivity contribution in [2.24, 2.45) is 5.92 Å². The van der Waals surface area contributed by atoms with Crippen molar-refractivity contribution in [2.75, 3.05) is 32.7 Å². The Hall–Kier alpha value is -0.700. The van der Waals surface area contributed by atoms with Gasteiger partial charge in [-0.05, 0) is 5.92 Å². The highest BCUT2D eigenvalue weighted by molar-refractivity contribution is 7.89. The molecule has 108 valence electrons. The fourth-order valence-corrected chi connectivity index (χ4v) is 2.35. The molecule has 0 aliphatic rings. The first-order chi connectivity index (χ1) is 8.30. The fraction of sp³-hybridized carbons (Fsp3) is 0.900. The summed E-state index contributed by atoms with van der Waals surface area (Å²) in [6.45, 7) is 3.96. The molecule has 0 spiro atoms. The molecule has 0 aliphatic heterocycles. The summed E-state index contributed by atoms with van der Waals surface area (Å²) in [5, 5.41) is 8.87. The lowest BCUT2D eigenvalue weighted by atomic mass is 10.1. The second kappa shape index (κ2) is 8.41. The van der Waals surface area contributed by atoms with Crippen LogP contribution in [0.25, 0.3) is 0 Å². The molecule has 18 heavy (non-hydrogen) atoms. The van der Waals surface area contributed by atoms with E-state index in [-0.39, 0.29) is 18.3 Å². The van der Waals surface area contributed by atoms with Gasteiger partial charge in [-0.3, -0.25) is 4.79 Å². The number of ether oxygens (including phenoxy) is 2. The molecule has 0 bridgehead atoms. The van der Waals surface area contributed by atoms with Gasteiger partial charge in [0.2, 0.25) is 10.0 Å². The lowest BCUT2D eigenvalue weighted by Gasteiger charge is -2.17. The van der Waals surface area contributed by atoms with Crippen LogP contribution < -0.4 is 4.72 Å². The van der Waals surface area contributed by atoms with Gasteiger partial charge in [-0.15, -0.1) is 0 Å². The highest BCUT2D eigenvalue weighted by Gasteiger charge is 2.26. The number of methoxy groups -OCH3 is 1. The van der Waals surface area contributed by atoms with Crippen molar-refractivity contribution >= 4 is 16.0 Å². The molecule has 0 amide bonds. The lowest BCUT2D eigenvalue weighted by molar-refractivity contribution is -0.140. The predicted octanol–water partition coefficient (Wildman–Crippen LogP) is -0.322. The number of carboxylic acids is 1. The molecule has 2 N–H and O–H groups in total. The van der Waals surface area contributed by atoms with Gasteiger partial charge in [0.15, 0.2) is 0 Å². The Kier molecular flexibility index (Phi) is 8.08. The molecule has 7 nitrogen and oxygen atoms in total. The zero-order valence-corrected chi connectivity index (χ0v) is 11.7. The second-order valence-corrected chi connectivity index (χ2v) is 5.98. The molecule has 0 radical (unpaired) electrons. The van der Waals surface area contributed by atoms with Crippen molar-refractivity contribution in [3.8, 4) is 0 Å². The third-order valence-corrected chi connectivity index (χ3v) is 3.48. The molecule has 0 aromatic rings. The van der Waals surface area contributed by atoms with E-state index in [2.05, 4.69) is 4.72 Å². The van der Waals surface area contributed by atoms with Crippen LogP contribution in [0.15, 0.2) is 0 Å². The van der Waals surface area contributed by atoms with E-state index in [4.69, 9.17) is 14.6 Å². The summed E-state index contributed by atoms with van der Waals surface area (Å²) in [6.07, 6.45) is 0. The third kappa shape index (κ3) is 7.59. The average molecular weight is 283 g/mol. The van der Waals surface area contributed by atoms with Gasteiger partial charge >= 0.3 is 5.97 Å². The first-order valence-electron chi connectivity index (χ1n) is 5.59. The van der Waals surface area contributed by atoms with E-state index in [1.54, 1.807) is 13.8 Å². The fourth-order valence-electron chi connectivity index (χ4n) is 1.14. The molecule has 1 atom stereocenters. The van der Waals surface area contributed by atoms with Crippen LogP contribution in [0.5, 0.6) is 0 Å². The maximum atomic E-state index is 11.6. The van der Waals surface area contributed by atoms with Gasteiger partial charge < -0.3 is 14.6 Å². The van der Waals surface area contributed by atoms with Crippen LogP contribution in [0.4, 0.5) is 0 Å². The first kappa shape index (κ1) is 17.3. The van der Waals surface area contributed by atoms with Crippen LogP contribution in [0.1, 0.15) is 13.8 Å². The van der Waals surface area contributed by atoms with Gasteiger partial charge in [-0.1, -0.05) is 13.8 Å². The third-order valence-electron chi connectivity index (χ3n) is 2.17. The number of carboxylic acid groups (broad SMARTS) is 1. The topological polar surface area (TPSA) is 102 Å². The van der Waals surface area contributed by atoms with Crippen molar-refractivity contribution in [3.05, 3.63) is 0 Å². The number of nitrogens with one attached hydrogen (secondary N) is 1. The van der Waals surface area contributed by atoms with Crippen LogP contribution in [-0.2, 0) is 24.3 Å². The smallest absolute Gasteiger partial charge is 0.321 e. The van der Waals surface area contributed by atoms with Crippen molar-refractivity contribution < 1.29 is 27.8 Å². The molecule has 0 unspecified atom stereocenters. The van der Waals surface area contributed by atoms with Crippen LogP contribution in [0.2, 0.25) is 0 Å². The monoisotopic (exact) mass is 283 g/mol. The van der Waals surface area contributed by atoms with Gasteiger partial charge in [0, 0.05) is 7.11 Å². The largest absolute Gasteiger partial charge is 0.480 e. The molecule has 0 aromatic carbocycles. The summed E-state index contributed by atoms with van der Waals surface area (Å²) in [6, 6.07) is -1.12. The normalized spacial score (nSPS) is 13.8. The van der Waals surface area contributed by atoms with Crippen molar-refractivity contribution in [2.45, 2.75) is 19.9 Å². The summed E-state index contributed by atoms with van der Waals surface area (Å²) in [5.41, 5.74) is 0. The molecule has 0 aromatic heterocycles. The van der Waals surface area contributed by atoms with Gasteiger partial charge in [-0.25, -0.2) is 13.1 Å². The molecule has 0 rings (SSSR count). The molecule has 8 heteroatoms. The molecule has 0 aliphatic carbocycles. The molecule has 0 fully saturated rings. The first-order valence-corrected chi connectivity index (χ1v) is 7.25. The minimum Gasteiger partial charge on any atom is -0.480 e. The second-order valence-electron chi connectivity index (χ2n) is 4.10. The SMILES string of the molecule is COCCOCCS(=O)(=O)N[C@@H](C(=O)O)C(C)C. The van der Waals surface area contributed by atoms with Gasteiger partial charge in [0.05, 0.1) is 25.6 Å². The predicted molar refractivity (Wildman–Crippen MR) is 65.9 cm³/mol. The Labute approximate surface area is 108 Å². The summed E-state index contributed by atoms with van der Waals surface area (Å²) in [7, 11) is -2.14. The van der Waals surface area contributed by atoms with E-state index >= 15 is 0 Å². The standard InChI is InChI=1S/C10H21NO6S/c1-8(2)9(10(12)13)11-18(14,15)7-6-17-5-4-16-3/h8-9,11H,4-7H2,1-3H3,(H,12,13)/t9-/m1/s1. The zero-order valence-electron chi connectivity index (χ0n) is 10.9. The number of aliphatic carboxylic acids is 1. The van der Waals surface area contributed by atoms with Gasteiger partial charge in [-0.2, -0.15) is 0 Å². The number of carbonyl (C=O) groups is 1. The van der Waals surface area contributed by atoms with Crippen LogP contribution >= 0.6 is 0 Å². The maximum Gasteiger partial charge on any atom is 0.321 e. The Morgan fingerprint density at radius 3 is 2.33 bits per heavy atom. The molecular formula is C10H21NO6S. The van der Waals surface area contributed by atoms with Crippen molar-refractivity contribution in [1.29, 1.82) is 0 Å². The lowest BCUT2D eigenvalue weighted by Crippen LogP contribution is -2.45. The van der Waals surface area contributed by atoms with E-state index in [0.717, 1.165) is 0 Å². The Balaban J connectivity index is 4.17. The van der Waals surface area contributed by atoms with E-state index in [1.807, 2.05) is 0 Å². The Morgan fingerprint density at radius 1 is 1.28 bits per heavy atom. The summed E-state index contributed by atoms with van der Waals surface area (Å²) in [5.74, 6) is -1.78. The van der Waals surface area contributed by atoms with E-state index in [9.17, 15) is 13.2 Å². The number of rotatable bonds is 10. The minimum atomic E-state index is -3.65. The van der Waals surface area contributed by atoms with E-state index < -0.39 is 22.0 Å². The highest BCUT2D eigenvalue weighted by atomic mass is 32.2. The number of hydrogen-bond donors (Lipinski definition) is 2. The highest BCUT2D eigenvalue weighted by Crippen LogP contribution is 2.03. The average Bonchev–Trinajstić information content (AvgIpc) is 2.25. The number of sulfonamides is 1. The van der Waals surface area contributed by atoms with Crippen LogP contribution in [-0.4, -0.2) is 58.2 Å². The summed E-state index contributed by atoms with van der Waals surface area (Å²) in [4.78, 5) is 10.9. The quantitative estimate of drug-likeness (QED) is 0.533. The summed E-state index contributed by atoms with van der Waals surface area (Å²) >= 11 is 0. The Bertz CT molecular complexity index is 340. The maximum absolute atomic E-state index is 11.6. The van der Waals surface area contributed by atoms with Crippen molar-refractivity contribution in [3.63, 3.8) is 0 Å². The Morgan fingerprint density at radius 2 is 1.89 bits per heavy atom. The molecule has 0 heterocycles. The van der Waals surface area contributed by atoms with Gasteiger partial charge in [0.1, 0.15) is 6.04 Å². The molecule has 0 saturated heterocycles. The van der Waals surface area contributed by atoms with E-state index in [0.29, 0.717) is 13.2 Å².